The fourth-order valence-electron chi connectivity index (χ4n) is 1.25. The van der Waals surface area contributed by atoms with Crippen molar-refractivity contribution >= 4 is 0 Å². The highest BCUT2D eigenvalue weighted by Crippen LogP contribution is 2.29. The maximum atomic E-state index is 12.4. The maximum absolute atomic E-state index is 12.4. The van der Waals surface area contributed by atoms with Gasteiger partial charge in [-0.05, 0) is 11.6 Å². The quantitative estimate of drug-likeness (QED) is 0.821. The largest absolute Gasteiger partial charge is 0.431 e. The third-order valence-electron chi connectivity index (χ3n) is 1.95. The van der Waals surface area contributed by atoms with E-state index in [0.29, 0.717) is 6.07 Å². The first kappa shape index (κ1) is 13.2. The Kier molecular flexibility index (Phi) is 3.50. The lowest BCUT2D eigenvalue weighted by molar-refractivity contribution is -0.141. The third-order valence-corrected chi connectivity index (χ3v) is 1.95. The molecule has 0 amide bonds. The van der Waals surface area contributed by atoms with Crippen LogP contribution in [0.2, 0.25) is 0 Å². The van der Waals surface area contributed by atoms with Crippen molar-refractivity contribution in [3.63, 3.8) is 0 Å². The lowest BCUT2D eigenvalue weighted by Crippen LogP contribution is -2.22. The van der Waals surface area contributed by atoms with Crippen molar-refractivity contribution in [1.29, 1.82) is 5.26 Å². The average molecular weight is 252 g/mol. The fourth-order valence-corrected chi connectivity index (χ4v) is 1.25. The second-order valence-electron chi connectivity index (χ2n) is 3.08. The van der Waals surface area contributed by atoms with Crippen molar-refractivity contribution < 1.29 is 22.0 Å². The predicted molar refractivity (Wildman–Crippen MR) is 46.3 cm³/mol. The van der Waals surface area contributed by atoms with Crippen LogP contribution < -0.4 is 5.56 Å². The highest BCUT2D eigenvalue weighted by atomic mass is 19.4. The van der Waals surface area contributed by atoms with Gasteiger partial charge < -0.3 is 4.98 Å². The molecule has 1 aromatic heterocycles. The molecule has 0 aliphatic rings. The normalized spacial score (nSPS) is 11.6. The summed E-state index contributed by atoms with van der Waals surface area (Å²) >= 11 is 0. The number of aromatic nitrogens is 1. The summed E-state index contributed by atoms with van der Waals surface area (Å²) in [7, 11) is 0. The highest BCUT2D eigenvalue weighted by molar-refractivity contribution is 5.31. The molecule has 1 rings (SSSR count). The highest BCUT2D eigenvalue weighted by Gasteiger charge is 2.33. The van der Waals surface area contributed by atoms with Crippen molar-refractivity contribution in [2.75, 3.05) is 0 Å². The number of alkyl halides is 5. The summed E-state index contributed by atoms with van der Waals surface area (Å²) in [4.78, 5) is 12.4. The number of halogens is 5. The second-order valence-corrected chi connectivity index (χ2v) is 3.08. The molecular weight excluding hydrogens is 247 g/mol. The second kappa shape index (κ2) is 4.53. The van der Waals surface area contributed by atoms with Gasteiger partial charge >= 0.3 is 6.18 Å². The van der Waals surface area contributed by atoms with Gasteiger partial charge in [-0.2, -0.15) is 18.4 Å². The zero-order valence-corrected chi connectivity index (χ0v) is 8.11. The molecule has 0 atom stereocenters. The SMILES string of the molecule is N#CCc1cc(C(F)(F)F)[nH]c(=O)c1C(F)F. The minimum Gasteiger partial charge on any atom is -0.318 e. The number of nitriles is 1. The van der Waals surface area contributed by atoms with Crippen LogP contribution in [0.1, 0.15) is 23.2 Å². The topological polar surface area (TPSA) is 56.6 Å². The molecule has 0 radical (unpaired) electrons. The van der Waals surface area contributed by atoms with Crippen LogP contribution in [0.25, 0.3) is 0 Å². The fraction of sp³-hybridized carbons (Fsp3) is 0.333. The molecule has 0 spiro atoms. The van der Waals surface area contributed by atoms with Crippen molar-refractivity contribution in [1.82, 2.24) is 4.98 Å². The van der Waals surface area contributed by atoms with E-state index in [-0.39, 0.29) is 0 Å². The Labute approximate surface area is 91.5 Å². The van der Waals surface area contributed by atoms with Gasteiger partial charge in [-0.3, -0.25) is 4.79 Å². The lowest BCUT2D eigenvalue weighted by Gasteiger charge is -2.10. The molecule has 0 aliphatic heterocycles. The van der Waals surface area contributed by atoms with Crippen LogP contribution in [-0.2, 0) is 12.6 Å². The molecule has 1 N–H and O–H groups in total. The van der Waals surface area contributed by atoms with Gasteiger partial charge in [0.05, 0.1) is 18.1 Å². The molecule has 17 heavy (non-hydrogen) atoms. The van der Waals surface area contributed by atoms with E-state index in [2.05, 4.69) is 0 Å². The van der Waals surface area contributed by atoms with Gasteiger partial charge in [0, 0.05) is 0 Å². The molecule has 0 aromatic carbocycles. The number of pyridine rings is 1. The van der Waals surface area contributed by atoms with E-state index in [0.717, 1.165) is 0 Å². The van der Waals surface area contributed by atoms with Crippen LogP contribution in [0.5, 0.6) is 0 Å². The molecule has 1 aromatic rings. The van der Waals surface area contributed by atoms with Gasteiger partial charge in [0.2, 0.25) is 0 Å². The number of hydrogen-bond acceptors (Lipinski definition) is 2. The van der Waals surface area contributed by atoms with Crippen LogP contribution in [0.3, 0.4) is 0 Å². The summed E-state index contributed by atoms with van der Waals surface area (Å²) < 4.78 is 61.7. The van der Waals surface area contributed by atoms with E-state index < -0.39 is 41.4 Å². The molecule has 0 fully saturated rings. The Hall–Kier alpha value is -1.91. The molecule has 0 unspecified atom stereocenters. The third kappa shape index (κ3) is 2.81. The van der Waals surface area contributed by atoms with E-state index in [1.165, 1.54) is 11.1 Å². The summed E-state index contributed by atoms with van der Waals surface area (Å²) in [6.45, 7) is 0. The van der Waals surface area contributed by atoms with Gasteiger partial charge in [0.25, 0.3) is 12.0 Å². The zero-order chi connectivity index (χ0) is 13.2. The van der Waals surface area contributed by atoms with E-state index in [1.807, 2.05) is 0 Å². The van der Waals surface area contributed by atoms with Gasteiger partial charge in [-0.25, -0.2) is 8.78 Å². The Balaban J connectivity index is 3.48. The summed E-state index contributed by atoms with van der Waals surface area (Å²) in [5.41, 5.74) is -4.68. The number of H-pyrrole nitrogens is 1. The standard InChI is InChI=1S/C9H5F5N2O/c10-7(11)6-4(1-2-15)3-5(9(12,13)14)16-8(6)17/h3,7H,1H2,(H,16,17). The number of rotatable bonds is 2. The van der Waals surface area contributed by atoms with Gasteiger partial charge in [-0.1, -0.05) is 0 Å². The minimum atomic E-state index is -4.86. The Morgan fingerprint density at radius 1 is 1.41 bits per heavy atom. The molecule has 1 heterocycles. The molecule has 0 saturated carbocycles. The van der Waals surface area contributed by atoms with Gasteiger partial charge in [0.15, 0.2) is 0 Å². The number of aromatic amines is 1. The summed E-state index contributed by atoms with van der Waals surface area (Å²) in [5, 5.41) is 8.32. The zero-order valence-electron chi connectivity index (χ0n) is 8.11. The van der Waals surface area contributed by atoms with Crippen molar-refractivity contribution in [3.05, 3.63) is 33.2 Å². The van der Waals surface area contributed by atoms with Crippen molar-refractivity contribution in [3.8, 4) is 6.07 Å². The molecule has 92 valence electrons. The summed E-state index contributed by atoms with van der Waals surface area (Å²) in [6.07, 6.45) is -8.78. The first-order valence-corrected chi connectivity index (χ1v) is 4.25. The average Bonchev–Trinajstić information content (AvgIpc) is 2.15. The van der Waals surface area contributed by atoms with Crippen molar-refractivity contribution in [2.24, 2.45) is 0 Å². The molecule has 0 aliphatic carbocycles. The van der Waals surface area contributed by atoms with Crippen LogP contribution in [0.15, 0.2) is 10.9 Å². The molecular formula is C9H5F5N2O. The van der Waals surface area contributed by atoms with Crippen LogP contribution in [-0.4, -0.2) is 4.98 Å². The first-order chi connectivity index (χ1) is 7.77. The lowest BCUT2D eigenvalue weighted by atomic mass is 10.1. The van der Waals surface area contributed by atoms with E-state index in [1.54, 1.807) is 0 Å². The maximum Gasteiger partial charge on any atom is 0.431 e. The van der Waals surface area contributed by atoms with E-state index in [4.69, 9.17) is 5.26 Å². The monoisotopic (exact) mass is 252 g/mol. The smallest absolute Gasteiger partial charge is 0.318 e. The Bertz CT molecular complexity index is 512. The van der Waals surface area contributed by atoms with E-state index >= 15 is 0 Å². The molecule has 0 bridgehead atoms. The predicted octanol–water partition coefficient (Wildman–Crippen LogP) is 2.40. The molecule has 8 heteroatoms. The van der Waals surface area contributed by atoms with E-state index in [9.17, 15) is 26.7 Å². The Morgan fingerprint density at radius 2 is 2.00 bits per heavy atom. The number of nitrogens with zero attached hydrogens (tertiary/aromatic N) is 1. The van der Waals surface area contributed by atoms with Crippen LogP contribution in [0, 0.1) is 11.3 Å². The Morgan fingerprint density at radius 3 is 2.41 bits per heavy atom. The summed E-state index contributed by atoms with van der Waals surface area (Å²) in [6, 6.07) is 1.78. The first-order valence-electron chi connectivity index (χ1n) is 4.25. The van der Waals surface area contributed by atoms with Crippen LogP contribution in [0.4, 0.5) is 22.0 Å². The van der Waals surface area contributed by atoms with Gasteiger partial charge in [-0.15, -0.1) is 0 Å². The van der Waals surface area contributed by atoms with Crippen molar-refractivity contribution in [2.45, 2.75) is 19.0 Å². The number of hydrogen-bond donors (Lipinski definition) is 1. The molecule has 3 nitrogen and oxygen atoms in total. The summed E-state index contributed by atoms with van der Waals surface area (Å²) in [5.74, 6) is 0. The van der Waals surface area contributed by atoms with Gasteiger partial charge in [0.1, 0.15) is 5.69 Å². The minimum absolute atomic E-state index is 0.353. The van der Waals surface area contributed by atoms with Crippen LogP contribution >= 0.6 is 0 Å². The number of nitrogens with one attached hydrogen (secondary N) is 1. The molecule has 0 saturated heterocycles.